The van der Waals surface area contributed by atoms with E-state index in [4.69, 9.17) is 0 Å². The zero-order valence-corrected chi connectivity index (χ0v) is 24.8. The third-order valence-corrected chi connectivity index (χ3v) is 5.68. The molecule has 0 aliphatic carbocycles. The molecular formula is C35H40N6. The predicted octanol–water partition coefficient (Wildman–Crippen LogP) is 10.5. The van der Waals surface area contributed by atoms with E-state index in [0.29, 0.717) is 17.8 Å². The van der Waals surface area contributed by atoms with E-state index >= 15 is 0 Å². The van der Waals surface area contributed by atoms with E-state index in [0.717, 1.165) is 27.8 Å². The van der Waals surface area contributed by atoms with Crippen molar-refractivity contribution < 1.29 is 0 Å². The molecule has 6 heteroatoms. The Kier molecular flexibility index (Phi) is 12.1. The molecule has 6 rings (SSSR count). The Morgan fingerprint density at radius 3 is 1.10 bits per heavy atom. The van der Waals surface area contributed by atoms with E-state index in [1.54, 1.807) is 0 Å². The van der Waals surface area contributed by atoms with Crippen molar-refractivity contribution >= 4 is 56.5 Å². The summed E-state index contributed by atoms with van der Waals surface area (Å²) in [5.74, 6) is 1.33. The van der Waals surface area contributed by atoms with Crippen molar-refractivity contribution in [2.75, 3.05) is 16.0 Å². The summed E-state index contributed by atoms with van der Waals surface area (Å²) in [6.45, 7) is 12.0. The van der Waals surface area contributed by atoms with Gasteiger partial charge in [-0.05, 0) is 57.9 Å². The summed E-state index contributed by atoms with van der Waals surface area (Å²) < 4.78 is 0. The van der Waals surface area contributed by atoms with E-state index in [9.17, 15) is 0 Å². The van der Waals surface area contributed by atoms with Crippen LogP contribution in [0, 0.1) is 0 Å². The van der Waals surface area contributed by atoms with Crippen LogP contribution in [0.2, 0.25) is 0 Å². The molecule has 0 radical (unpaired) electrons. The number of para-hydroxylation sites is 1. The maximum Gasteiger partial charge on any atom is 0.233 e. The van der Waals surface area contributed by atoms with Gasteiger partial charge in [-0.1, -0.05) is 120 Å². The van der Waals surface area contributed by atoms with Crippen LogP contribution >= 0.6 is 0 Å². The molecule has 0 saturated carbocycles. The first-order valence-electron chi connectivity index (χ1n) is 14.4. The average molecular weight is 545 g/mol. The highest BCUT2D eigenvalue weighted by molar-refractivity contribution is 5.87. The van der Waals surface area contributed by atoms with Crippen molar-refractivity contribution in [2.24, 2.45) is 0 Å². The van der Waals surface area contributed by atoms with Crippen LogP contribution < -0.4 is 16.0 Å². The van der Waals surface area contributed by atoms with Crippen molar-refractivity contribution in [3.63, 3.8) is 0 Å². The van der Waals surface area contributed by atoms with Gasteiger partial charge < -0.3 is 16.0 Å². The van der Waals surface area contributed by atoms with Gasteiger partial charge in [0.2, 0.25) is 17.8 Å². The minimum absolute atomic E-state index is 0.442. The maximum absolute atomic E-state index is 4.64. The van der Waals surface area contributed by atoms with Crippen LogP contribution in [0.4, 0.5) is 34.9 Å². The molecule has 1 heterocycles. The molecule has 6 nitrogen and oxygen atoms in total. The number of rotatable bonds is 6. The second-order valence-electron chi connectivity index (χ2n) is 8.17. The van der Waals surface area contributed by atoms with Crippen LogP contribution in [-0.4, -0.2) is 15.0 Å². The third-order valence-electron chi connectivity index (χ3n) is 5.68. The Hall–Kier alpha value is -4.97. The minimum atomic E-state index is 0.442. The lowest BCUT2D eigenvalue weighted by molar-refractivity contribution is 1.06. The van der Waals surface area contributed by atoms with Crippen LogP contribution in [-0.2, 0) is 0 Å². The zero-order chi connectivity index (χ0) is 29.5. The summed E-state index contributed by atoms with van der Waals surface area (Å²) >= 11 is 0. The Labute approximate surface area is 243 Å². The fraction of sp³-hybridized carbons (Fsp3) is 0.171. The van der Waals surface area contributed by atoms with Gasteiger partial charge in [-0.3, -0.25) is 0 Å². The van der Waals surface area contributed by atoms with E-state index in [2.05, 4.69) is 79.4 Å². The van der Waals surface area contributed by atoms with Crippen molar-refractivity contribution in [1.29, 1.82) is 0 Å². The number of anilines is 6. The van der Waals surface area contributed by atoms with Crippen LogP contribution in [0.5, 0.6) is 0 Å². The number of nitrogens with zero attached hydrogens (tertiary/aromatic N) is 3. The Morgan fingerprint density at radius 2 is 0.683 bits per heavy atom. The lowest BCUT2D eigenvalue weighted by Gasteiger charge is -2.12. The van der Waals surface area contributed by atoms with Crippen molar-refractivity contribution in [3.05, 3.63) is 115 Å². The van der Waals surface area contributed by atoms with Gasteiger partial charge in [0.05, 0.1) is 0 Å². The van der Waals surface area contributed by atoms with Gasteiger partial charge in [-0.15, -0.1) is 0 Å². The fourth-order valence-electron chi connectivity index (χ4n) is 3.99. The summed E-state index contributed by atoms with van der Waals surface area (Å²) in [6.07, 6.45) is 0. The normalized spacial score (nSPS) is 9.71. The van der Waals surface area contributed by atoms with Gasteiger partial charge in [-0.25, -0.2) is 0 Å². The van der Waals surface area contributed by atoms with Crippen LogP contribution in [0.3, 0.4) is 0 Å². The second kappa shape index (κ2) is 16.2. The Balaban J connectivity index is 0.000000725. The van der Waals surface area contributed by atoms with Crippen LogP contribution in [0.25, 0.3) is 21.5 Å². The SMILES string of the molecule is CC.CC.CC.c1ccc(Nc2nc(Nc3ccc4ccccc4c3)nc(Nc3ccc4ccccc4c3)n2)cc1. The molecule has 6 aromatic rings. The smallest absolute Gasteiger partial charge is 0.233 e. The predicted molar refractivity (Wildman–Crippen MR) is 178 cm³/mol. The topological polar surface area (TPSA) is 74.8 Å². The molecule has 0 aliphatic rings. The molecule has 0 fully saturated rings. The molecule has 0 spiro atoms. The highest BCUT2D eigenvalue weighted by atomic mass is 15.3. The molecular weight excluding hydrogens is 504 g/mol. The molecule has 41 heavy (non-hydrogen) atoms. The fourth-order valence-corrected chi connectivity index (χ4v) is 3.99. The van der Waals surface area contributed by atoms with Gasteiger partial charge in [0.1, 0.15) is 0 Å². The standard InChI is InChI=1S/C29H22N6.3C2H6/c1-2-12-24(13-3-1)30-27-33-28(31-25-16-14-20-8-4-6-10-22(20)18-25)35-29(34-27)32-26-17-15-21-9-5-7-11-23(21)19-26;3*1-2/h1-19H,(H3,30,31,32,33,34,35);3*1-2H3. The van der Waals surface area contributed by atoms with Crippen LogP contribution in [0.1, 0.15) is 41.5 Å². The second-order valence-corrected chi connectivity index (χ2v) is 8.17. The number of hydrogen-bond acceptors (Lipinski definition) is 6. The highest BCUT2D eigenvalue weighted by Crippen LogP contribution is 2.25. The first kappa shape index (κ1) is 30.6. The monoisotopic (exact) mass is 544 g/mol. The average Bonchev–Trinajstić information content (AvgIpc) is 3.04. The molecule has 0 saturated heterocycles. The van der Waals surface area contributed by atoms with Crippen molar-refractivity contribution in [1.82, 2.24) is 15.0 Å². The lowest BCUT2D eigenvalue weighted by atomic mass is 10.1. The van der Waals surface area contributed by atoms with Crippen molar-refractivity contribution in [2.45, 2.75) is 41.5 Å². The minimum Gasteiger partial charge on any atom is -0.324 e. The van der Waals surface area contributed by atoms with E-state index in [1.165, 1.54) is 10.8 Å². The quantitative estimate of drug-likeness (QED) is 0.194. The molecule has 210 valence electrons. The molecule has 0 bridgehead atoms. The molecule has 1 aromatic heterocycles. The lowest BCUT2D eigenvalue weighted by Crippen LogP contribution is -2.07. The molecule has 0 amide bonds. The summed E-state index contributed by atoms with van der Waals surface area (Å²) in [7, 11) is 0. The summed E-state index contributed by atoms with van der Waals surface area (Å²) in [4.78, 5) is 13.9. The number of benzene rings is 5. The van der Waals surface area contributed by atoms with E-state index in [1.807, 2.05) is 108 Å². The van der Waals surface area contributed by atoms with Crippen LogP contribution in [0.15, 0.2) is 115 Å². The largest absolute Gasteiger partial charge is 0.324 e. The Bertz CT molecular complexity index is 1530. The molecule has 5 aromatic carbocycles. The summed E-state index contributed by atoms with van der Waals surface area (Å²) in [6, 6.07) is 38.7. The van der Waals surface area contributed by atoms with Gasteiger partial charge in [0.25, 0.3) is 0 Å². The number of nitrogens with one attached hydrogen (secondary N) is 3. The zero-order valence-electron chi connectivity index (χ0n) is 24.8. The van der Waals surface area contributed by atoms with Gasteiger partial charge in [-0.2, -0.15) is 15.0 Å². The summed E-state index contributed by atoms with van der Waals surface area (Å²) in [5.41, 5.74) is 2.70. The Morgan fingerprint density at radius 1 is 0.341 bits per heavy atom. The van der Waals surface area contributed by atoms with Gasteiger partial charge in [0.15, 0.2) is 0 Å². The molecule has 0 unspecified atom stereocenters. The first-order chi connectivity index (χ1) is 20.3. The maximum atomic E-state index is 4.64. The van der Waals surface area contributed by atoms with E-state index < -0.39 is 0 Å². The van der Waals surface area contributed by atoms with E-state index in [-0.39, 0.29) is 0 Å². The number of fused-ring (bicyclic) bond motifs is 2. The first-order valence-corrected chi connectivity index (χ1v) is 14.4. The summed E-state index contributed by atoms with van der Waals surface area (Å²) in [5, 5.41) is 14.6. The van der Waals surface area contributed by atoms with Gasteiger partial charge >= 0.3 is 0 Å². The molecule has 0 atom stereocenters. The number of aromatic nitrogens is 3. The molecule has 3 N–H and O–H groups in total. The number of hydrogen-bond donors (Lipinski definition) is 3. The third kappa shape index (κ3) is 8.51. The molecule has 0 aliphatic heterocycles. The highest BCUT2D eigenvalue weighted by Gasteiger charge is 2.09. The van der Waals surface area contributed by atoms with Crippen molar-refractivity contribution in [3.8, 4) is 0 Å². The van der Waals surface area contributed by atoms with Gasteiger partial charge in [0, 0.05) is 17.1 Å².